The van der Waals surface area contributed by atoms with Crippen molar-refractivity contribution in [3.63, 3.8) is 0 Å². The van der Waals surface area contributed by atoms with Crippen molar-refractivity contribution in [2.75, 3.05) is 46.3 Å². The summed E-state index contributed by atoms with van der Waals surface area (Å²) >= 11 is 0. The molecule has 0 radical (unpaired) electrons. The van der Waals surface area contributed by atoms with E-state index in [1.165, 1.54) is 6.54 Å². The molecule has 0 aromatic carbocycles. The molecule has 1 aliphatic heterocycles. The van der Waals surface area contributed by atoms with Crippen molar-refractivity contribution in [2.24, 2.45) is 5.92 Å². The van der Waals surface area contributed by atoms with Crippen LogP contribution in [-0.2, 0) is 4.79 Å². The van der Waals surface area contributed by atoms with Crippen LogP contribution in [0.1, 0.15) is 33.6 Å². The molecule has 0 amide bonds. The molecule has 2 N–H and O–H groups in total. The lowest BCUT2D eigenvalue weighted by molar-refractivity contribution is -0.144. The van der Waals surface area contributed by atoms with E-state index in [1.807, 2.05) is 0 Å². The fourth-order valence-electron chi connectivity index (χ4n) is 2.71. The summed E-state index contributed by atoms with van der Waals surface area (Å²) in [6.45, 7) is 13.0. The maximum absolute atomic E-state index is 11.2. The van der Waals surface area contributed by atoms with Crippen molar-refractivity contribution in [1.29, 1.82) is 0 Å². The second-order valence-electron chi connectivity index (χ2n) is 6.53. The predicted octanol–water partition coefficient (Wildman–Crippen LogP) is 1.10. The molecule has 5 nitrogen and oxygen atoms in total. The number of carboxylic acid groups (broad SMARTS) is 1. The summed E-state index contributed by atoms with van der Waals surface area (Å²) in [6.07, 6.45) is 1.60. The zero-order valence-corrected chi connectivity index (χ0v) is 13.5. The van der Waals surface area contributed by atoms with Gasteiger partial charge in [-0.05, 0) is 39.3 Å². The van der Waals surface area contributed by atoms with Gasteiger partial charge in [0.25, 0.3) is 0 Å². The third kappa shape index (κ3) is 5.38. The topological polar surface area (TPSA) is 55.8 Å². The number of nitrogens with one attached hydrogen (secondary N) is 1. The number of likely N-dealkylation sites (N-methyl/N-ethyl adjacent to an activating group) is 1. The van der Waals surface area contributed by atoms with E-state index in [0.29, 0.717) is 6.42 Å². The Morgan fingerprint density at radius 3 is 2.25 bits per heavy atom. The molecule has 1 atom stereocenters. The highest BCUT2D eigenvalue weighted by molar-refractivity contribution is 5.78. The van der Waals surface area contributed by atoms with Crippen molar-refractivity contribution in [2.45, 2.75) is 39.2 Å². The summed E-state index contributed by atoms with van der Waals surface area (Å²) in [5.74, 6) is -0.0322. The molecule has 20 heavy (non-hydrogen) atoms. The molecule has 5 heteroatoms. The van der Waals surface area contributed by atoms with Crippen LogP contribution < -0.4 is 5.32 Å². The highest BCUT2D eigenvalue weighted by atomic mass is 16.4. The lowest BCUT2D eigenvalue weighted by atomic mass is 9.96. The Morgan fingerprint density at radius 1 is 1.25 bits per heavy atom. The van der Waals surface area contributed by atoms with Crippen LogP contribution in [0.15, 0.2) is 0 Å². The van der Waals surface area contributed by atoms with Crippen molar-refractivity contribution in [3.8, 4) is 0 Å². The molecule has 1 unspecified atom stereocenters. The normalized spacial score (nSPS) is 21.1. The van der Waals surface area contributed by atoms with Crippen LogP contribution in [0.3, 0.4) is 0 Å². The fraction of sp³-hybridized carbons (Fsp3) is 0.933. The molecular weight excluding hydrogens is 254 g/mol. The highest BCUT2D eigenvalue weighted by Gasteiger charge is 2.30. The number of hydrogen-bond donors (Lipinski definition) is 2. The van der Waals surface area contributed by atoms with Crippen LogP contribution in [0.5, 0.6) is 0 Å². The first-order valence-corrected chi connectivity index (χ1v) is 7.74. The van der Waals surface area contributed by atoms with Gasteiger partial charge in [-0.15, -0.1) is 0 Å². The highest BCUT2D eigenvalue weighted by Crippen LogP contribution is 2.13. The summed E-state index contributed by atoms with van der Waals surface area (Å²) in [5.41, 5.74) is -0.792. The molecule has 1 heterocycles. The summed E-state index contributed by atoms with van der Waals surface area (Å²) in [7, 11) is 1.72. The monoisotopic (exact) mass is 285 g/mol. The van der Waals surface area contributed by atoms with Crippen LogP contribution in [0.25, 0.3) is 0 Å². The third-order valence-corrected chi connectivity index (χ3v) is 4.26. The van der Waals surface area contributed by atoms with E-state index in [9.17, 15) is 9.90 Å². The van der Waals surface area contributed by atoms with Crippen LogP contribution in [0.4, 0.5) is 0 Å². The van der Waals surface area contributed by atoms with Gasteiger partial charge in [0.2, 0.25) is 0 Å². The molecule has 1 fully saturated rings. The molecule has 1 rings (SSSR count). The van der Waals surface area contributed by atoms with E-state index >= 15 is 0 Å². The van der Waals surface area contributed by atoms with Gasteiger partial charge in [0.1, 0.15) is 5.54 Å². The van der Waals surface area contributed by atoms with Crippen LogP contribution in [0.2, 0.25) is 0 Å². The van der Waals surface area contributed by atoms with E-state index in [1.54, 1.807) is 14.0 Å². The minimum Gasteiger partial charge on any atom is -0.480 e. The van der Waals surface area contributed by atoms with E-state index < -0.39 is 11.5 Å². The van der Waals surface area contributed by atoms with Gasteiger partial charge < -0.3 is 20.2 Å². The molecule has 118 valence electrons. The Labute approximate surface area is 123 Å². The average Bonchev–Trinajstić information content (AvgIpc) is 2.39. The van der Waals surface area contributed by atoms with Gasteiger partial charge >= 0.3 is 5.97 Å². The fourth-order valence-corrected chi connectivity index (χ4v) is 2.71. The Kier molecular flexibility index (Phi) is 6.92. The minimum absolute atomic E-state index is 0.672. The lowest BCUT2D eigenvalue weighted by Crippen LogP contribution is -2.49. The number of aliphatic carboxylic acids is 1. The van der Waals surface area contributed by atoms with Crippen molar-refractivity contribution in [1.82, 2.24) is 15.1 Å². The summed E-state index contributed by atoms with van der Waals surface area (Å²) in [5, 5.41) is 12.1. The number of nitrogens with zero attached hydrogens (tertiary/aromatic N) is 2. The molecule has 1 aliphatic rings. The minimum atomic E-state index is -0.792. The Morgan fingerprint density at radius 2 is 1.80 bits per heavy atom. The molecule has 0 saturated carbocycles. The van der Waals surface area contributed by atoms with Crippen LogP contribution in [-0.4, -0.2) is 72.7 Å². The molecule has 0 bridgehead atoms. The second-order valence-corrected chi connectivity index (χ2v) is 6.53. The maximum Gasteiger partial charge on any atom is 0.323 e. The van der Waals surface area contributed by atoms with E-state index in [-0.39, 0.29) is 0 Å². The second kappa shape index (κ2) is 7.96. The Hall–Kier alpha value is -0.650. The van der Waals surface area contributed by atoms with Crippen molar-refractivity contribution < 1.29 is 9.90 Å². The molecular formula is C15H31N3O2. The summed E-state index contributed by atoms with van der Waals surface area (Å²) < 4.78 is 0. The number of rotatable bonds is 8. The number of carboxylic acids is 1. The van der Waals surface area contributed by atoms with Crippen molar-refractivity contribution >= 4 is 5.97 Å². The van der Waals surface area contributed by atoms with Gasteiger partial charge in [-0.3, -0.25) is 4.79 Å². The van der Waals surface area contributed by atoms with E-state index in [2.05, 4.69) is 29.0 Å². The zero-order chi connectivity index (χ0) is 15.2. The van der Waals surface area contributed by atoms with Crippen molar-refractivity contribution in [3.05, 3.63) is 0 Å². The first kappa shape index (κ1) is 17.4. The zero-order valence-electron chi connectivity index (χ0n) is 13.5. The Balaban J connectivity index is 2.23. The molecule has 0 aliphatic carbocycles. The van der Waals surface area contributed by atoms with Crippen LogP contribution >= 0.6 is 0 Å². The number of carbonyl (C=O) groups is 1. The molecule has 0 aromatic rings. The van der Waals surface area contributed by atoms with Gasteiger partial charge in [-0.1, -0.05) is 13.8 Å². The standard InChI is InChI=1S/C15H31N3O2/c1-13(2)12-18-10-8-17(9-11-18)7-5-6-15(3,16-4)14(19)20/h13,16H,5-12H2,1-4H3,(H,19,20). The van der Waals surface area contributed by atoms with Crippen LogP contribution in [0, 0.1) is 5.92 Å². The number of piperazine rings is 1. The Bertz CT molecular complexity index is 301. The van der Waals surface area contributed by atoms with Gasteiger partial charge in [0.05, 0.1) is 0 Å². The lowest BCUT2D eigenvalue weighted by Gasteiger charge is -2.36. The first-order chi connectivity index (χ1) is 9.37. The maximum atomic E-state index is 11.2. The summed E-state index contributed by atoms with van der Waals surface area (Å²) in [4.78, 5) is 16.2. The van der Waals surface area contributed by atoms with Gasteiger partial charge in [-0.2, -0.15) is 0 Å². The quantitative estimate of drug-likeness (QED) is 0.699. The van der Waals surface area contributed by atoms with Gasteiger partial charge in [-0.25, -0.2) is 0 Å². The molecule has 0 spiro atoms. The molecule has 1 saturated heterocycles. The SMILES string of the molecule is CNC(C)(CCCN1CCN(CC(C)C)CC1)C(=O)O. The smallest absolute Gasteiger partial charge is 0.323 e. The van der Waals surface area contributed by atoms with Gasteiger partial charge in [0.15, 0.2) is 0 Å². The average molecular weight is 285 g/mol. The first-order valence-electron chi connectivity index (χ1n) is 7.74. The predicted molar refractivity (Wildman–Crippen MR) is 82.1 cm³/mol. The van der Waals surface area contributed by atoms with E-state index in [0.717, 1.165) is 45.1 Å². The third-order valence-electron chi connectivity index (χ3n) is 4.26. The summed E-state index contributed by atoms with van der Waals surface area (Å²) in [6, 6.07) is 0. The largest absolute Gasteiger partial charge is 0.480 e. The van der Waals surface area contributed by atoms with Gasteiger partial charge in [0, 0.05) is 32.7 Å². The molecule has 0 aromatic heterocycles. The number of hydrogen-bond acceptors (Lipinski definition) is 4. The van der Waals surface area contributed by atoms with E-state index in [4.69, 9.17) is 0 Å².